The lowest BCUT2D eigenvalue weighted by Gasteiger charge is -2.72. The SMILES string of the molecule is C#C.C#C.C#C.C#C.C=CC.CCS(=O)(=O)N1CCN(CCN[C@]23CCCC2[C@H]2CCC4[C@@]5(C)CC=C(c6ccc(C(=O)O)cc6)C(C)(C)C5CC[C@@]4(C)[C@]2(C)CC3)CC1. The number of sulfonamides is 1. The van der Waals surface area contributed by atoms with Gasteiger partial charge in [0.05, 0.1) is 11.3 Å². The number of benzene rings is 1. The summed E-state index contributed by atoms with van der Waals surface area (Å²) in [5.74, 6) is 2.18. The minimum absolute atomic E-state index is 0.0326. The number of nitrogens with one attached hydrogen (secondary N) is 1. The van der Waals surface area contributed by atoms with Gasteiger partial charge in [0, 0.05) is 44.8 Å². The monoisotopic (exact) mass is 840 g/mol. The summed E-state index contributed by atoms with van der Waals surface area (Å²) in [7, 11) is -3.09. The summed E-state index contributed by atoms with van der Waals surface area (Å²) in [5, 5.41) is 13.7. The molecule has 4 saturated carbocycles. The number of carboxylic acid groups (broad SMARTS) is 1. The van der Waals surface area contributed by atoms with Gasteiger partial charge < -0.3 is 10.4 Å². The van der Waals surface area contributed by atoms with E-state index in [0.29, 0.717) is 41.3 Å². The molecule has 5 aliphatic carbocycles. The fourth-order valence-corrected chi connectivity index (χ4v) is 14.7. The van der Waals surface area contributed by atoms with E-state index >= 15 is 0 Å². The second-order valence-electron chi connectivity index (χ2n) is 18.7. The molecule has 0 bridgehead atoms. The highest BCUT2D eigenvalue weighted by Crippen LogP contribution is 2.76. The molecule has 1 aromatic carbocycles. The Hall–Kier alpha value is -3.76. The van der Waals surface area contributed by atoms with Crippen LogP contribution in [0.2, 0.25) is 0 Å². The van der Waals surface area contributed by atoms with Crippen LogP contribution in [0.5, 0.6) is 0 Å². The van der Waals surface area contributed by atoms with Crippen LogP contribution in [0.25, 0.3) is 5.57 Å². The maximum absolute atomic E-state index is 12.3. The fourth-order valence-electron chi connectivity index (χ4n) is 13.6. The van der Waals surface area contributed by atoms with E-state index in [1.54, 1.807) is 29.4 Å². The molecule has 6 aliphatic rings. The number of hydrogen-bond donors (Lipinski definition) is 2. The first kappa shape index (κ1) is 52.4. The Morgan fingerprint density at radius 2 is 1.40 bits per heavy atom. The van der Waals surface area contributed by atoms with Crippen LogP contribution >= 0.6 is 0 Å². The standard InChI is InChI=1S/C41H63N3O4S.C3H6.4C2H2/c1-7-49(47,48)44-27-25-43(26-28-44)24-23-42-41-18-8-9-33(41)32-14-15-35-38(4)19-16-31(29-10-12-30(13-11-29)36(45)46)37(2,3)34(38)17-20-40(35,6)39(32,5)21-22-41;1-3-2;4*1-2/h10-13,16,32-35,42H,7-9,14-15,17-28H2,1-6H3,(H,45,46);3H,1H2,2H3;4*1-2H/t32-,33?,34?,35?,38+,39-,40-,41+;;;;;/m1...../s1. The molecule has 8 atom stereocenters. The van der Waals surface area contributed by atoms with Crippen LogP contribution in [-0.2, 0) is 10.0 Å². The van der Waals surface area contributed by atoms with Crippen molar-refractivity contribution in [3.8, 4) is 51.4 Å². The van der Waals surface area contributed by atoms with Crippen LogP contribution in [0, 0.1) is 96.7 Å². The molecular formula is C52H77N3O4S. The van der Waals surface area contributed by atoms with E-state index in [1.165, 1.54) is 68.9 Å². The predicted molar refractivity (Wildman–Crippen MR) is 253 cm³/mol. The number of piperazine rings is 1. The number of carboxylic acids is 1. The number of allylic oxidation sites excluding steroid dienone is 3. The number of terminal acetylenes is 4. The third-order valence-corrected chi connectivity index (χ3v) is 18.3. The van der Waals surface area contributed by atoms with E-state index in [-0.39, 0.29) is 22.1 Å². The average Bonchev–Trinajstić information content (AvgIpc) is 3.68. The van der Waals surface area contributed by atoms with Crippen molar-refractivity contribution in [2.45, 2.75) is 118 Å². The van der Waals surface area contributed by atoms with Crippen molar-refractivity contribution in [1.82, 2.24) is 14.5 Å². The Morgan fingerprint density at radius 1 is 0.817 bits per heavy atom. The number of fused-ring (bicyclic) bond motifs is 7. The summed E-state index contributed by atoms with van der Waals surface area (Å²) in [6.07, 6.45) is 49.3. The van der Waals surface area contributed by atoms with Gasteiger partial charge in [-0.05, 0) is 140 Å². The minimum Gasteiger partial charge on any atom is -0.478 e. The zero-order valence-electron chi connectivity index (χ0n) is 38.1. The van der Waals surface area contributed by atoms with E-state index in [0.717, 1.165) is 44.4 Å². The van der Waals surface area contributed by atoms with Crippen molar-refractivity contribution in [3.05, 3.63) is 54.1 Å². The Kier molecular flexibility index (Phi) is 19.1. The highest BCUT2D eigenvalue weighted by molar-refractivity contribution is 7.89. The number of hydrogen-bond acceptors (Lipinski definition) is 5. The molecular weight excluding hydrogens is 763 g/mol. The molecule has 0 amide bonds. The summed E-state index contributed by atoms with van der Waals surface area (Å²) in [6, 6.07) is 7.60. The van der Waals surface area contributed by atoms with Crippen molar-refractivity contribution < 1.29 is 18.3 Å². The first-order valence-electron chi connectivity index (χ1n) is 21.9. The Bertz CT molecular complexity index is 1770. The van der Waals surface area contributed by atoms with Gasteiger partial charge in [-0.25, -0.2) is 13.2 Å². The lowest BCUT2D eigenvalue weighted by molar-refractivity contribution is -0.217. The predicted octanol–water partition coefficient (Wildman–Crippen LogP) is 9.73. The Balaban J connectivity index is 0.00000104. The topological polar surface area (TPSA) is 90.0 Å². The quantitative estimate of drug-likeness (QED) is 0.200. The molecule has 1 heterocycles. The molecule has 8 heteroatoms. The van der Waals surface area contributed by atoms with E-state index < -0.39 is 16.0 Å². The molecule has 7 rings (SSSR count). The van der Waals surface area contributed by atoms with Gasteiger partial charge in [-0.1, -0.05) is 65.3 Å². The van der Waals surface area contributed by atoms with Gasteiger partial charge in [0.15, 0.2) is 0 Å². The number of rotatable bonds is 8. The third kappa shape index (κ3) is 9.65. The van der Waals surface area contributed by atoms with Gasteiger partial charge in [-0.2, -0.15) is 4.31 Å². The van der Waals surface area contributed by atoms with Crippen LogP contribution in [0.1, 0.15) is 129 Å². The molecule has 0 radical (unpaired) electrons. The molecule has 2 N–H and O–H groups in total. The van der Waals surface area contributed by atoms with Crippen molar-refractivity contribution in [2.24, 2.45) is 45.3 Å². The maximum atomic E-state index is 12.3. The number of aromatic carboxylic acids is 1. The summed E-state index contributed by atoms with van der Waals surface area (Å²) in [6.45, 7) is 24.9. The molecule has 60 heavy (non-hydrogen) atoms. The largest absolute Gasteiger partial charge is 0.478 e. The summed E-state index contributed by atoms with van der Waals surface area (Å²) < 4.78 is 26.4. The normalized spacial score (nSPS) is 33.7. The lowest BCUT2D eigenvalue weighted by atomic mass is 9.33. The Morgan fingerprint density at radius 3 is 1.95 bits per heavy atom. The summed E-state index contributed by atoms with van der Waals surface area (Å²) in [5.41, 5.74) is 4.19. The van der Waals surface area contributed by atoms with Gasteiger partial charge >= 0.3 is 5.97 Å². The smallest absolute Gasteiger partial charge is 0.335 e. The van der Waals surface area contributed by atoms with Gasteiger partial charge in [-0.3, -0.25) is 4.90 Å². The van der Waals surface area contributed by atoms with E-state index in [2.05, 4.69) is 109 Å². The minimum atomic E-state index is -3.09. The summed E-state index contributed by atoms with van der Waals surface area (Å²) in [4.78, 5) is 14.0. The average molecular weight is 840 g/mol. The fraction of sp³-hybridized carbons (Fsp3) is 0.635. The van der Waals surface area contributed by atoms with E-state index in [1.807, 2.05) is 19.1 Å². The van der Waals surface area contributed by atoms with Crippen LogP contribution in [0.15, 0.2) is 43.0 Å². The van der Waals surface area contributed by atoms with E-state index in [4.69, 9.17) is 0 Å². The molecule has 1 aliphatic heterocycles. The third-order valence-electron chi connectivity index (χ3n) is 16.4. The molecule has 7 nitrogen and oxygen atoms in total. The Labute approximate surface area is 367 Å². The van der Waals surface area contributed by atoms with Crippen LogP contribution in [0.3, 0.4) is 0 Å². The second-order valence-corrected chi connectivity index (χ2v) is 21.0. The van der Waals surface area contributed by atoms with Gasteiger partial charge in [0.2, 0.25) is 10.0 Å². The first-order chi connectivity index (χ1) is 28.5. The molecule has 1 aromatic rings. The highest BCUT2D eigenvalue weighted by atomic mass is 32.2. The zero-order valence-corrected chi connectivity index (χ0v) is 38.9. The van der Waals surface area contributed by atoms with E-state index in [9.17, 15) is 18.3 Å². The molecule has 1 saturated heterocycles. The van der Waals surface area contributed by atoms with Crippen molar-refractivity contribution in [2.75, 3.05) is 45.0 Å². The van der Waals surface area contributed by atoms with Crippen LogP contribution < -0.4 is 5.32 Å². The van der Waals surface area contributed by atoms with Crippen LogP contribution in [-0.4, -0.2) is 79.3 Å². The van der Waals surface area contributed by atoms with Crippen LogP contribution in [0.4, 0.5) is 0 Å². The number of nitrogens with zero attached hydrogens (tertiary/aromatic N) is 2. The number of carbonyl (C=O) groups is 1. The van der Waals surface area contributed by atoms with Crippen molar-refractivity contribution in [1.29, 1.82) is 0 Å². The first-order valence-corrected chi connectivity index (χ1v) is 23.5. The second kappa shape index (κ2) is 21.9. The molecule has 3 unspecified atom stereocenters. The summed E-state index contributed by atoms with van der Waals surface area (Å²) >= 11 is 0. The van der Waals surface area contributed by atoms with Crippen molar-refractivity contribution >= 4 is 21.6 Å². The van der Waals surface area contributed by atoms with Gasteiger partial charge in [0.1, 0.15) is 0 Å². The molecule has 330 valence electrons. The maximum Gasteiger partial charge on any atom is 0.335 e. The zero-order chi connectivity index (χ0) is 45.7. The lowest BCUT2D eigenvalue weighted by Crippen LogP contribution is -2.67. The van der Waals surface area contributed by atoms with Gasteiger partial charge in [0.25, 0.3) is 0 Å². The molecule has 0 aromatic heterocycles. The molecule has 5 fully saturated rings. The highest BCUT2D eigenvalue weighted by Gasteiger charge is 2.69. The van der Waals surface area contributed by atoms with Gasteiger partial charge in [-0.15, -0.1) is 58.0 Å². The molecule has 0 spiro atoms. The van der Waals surface area contributed by atoms with Crippen molar-refractivity contribution in [3.63, 3.8) is 0 Å².